The molecule has 3 aromatic rings. The number of fused-ring (bicyclic) bond motifs is 4. The summed E-state index contributed by atoms with van der Waals surface area (Å²) in [7, 11) is 0. The third-order valence-corrected chi connectivity index (χ3v) is 9.54. The van der Waals surface area contributed by atoms with Gasteiger partial charge in [0.05, 0.1) is 11.3 Å². The molecule has 1 atom stereocenters. The number of carbonyl (C=O) groups excluding carboxylic acids is 1. The molecule has 0 unspecified atom stereocenters. The van der Waals surface area contributed by atoms with Crippen molar-refractivity contribution in [1.29, 1.82) is 5.26 Å². The van der Waals surface area contributed by atoms with Gasteiger partial charge in [-0.25, -0.2) is 9.97 Å². The van der Waals surface area contributed by atoms with Crippen LogP contribution in [0, 0.1) is 17.2 Å². The van der Waals surface area contributed by atoms with Crippen LogP contribution in [0.25, 0.3) is 10.2 Å². The number of thioether (sulfide) groups is 1. The van der Waals surface area contributed by atoms with Gasteiger partial charge in [0.15, 0.2) is 0 Å². The Morgan fingerprint density at radius 3 is 2.94 bits per heavy atom. The van der Waals surface area contributed by atoms with Gasteiger partial charge in [0.2, 0.25) is 5.91 Å². The Kier molecular flexibility index (Phi) is 6.00. The molecule has 1 amide bonds. The number of nitrogens with zero attached hydrogens (tertiary/aromatic N) is 3. The van der Waals surface area contributed by atoms with Crippen molar-refractivity contribution in [2.45, 2.75) is 63.3 Å². The fourth-order valence-corrected chi connectivity index (χ4v) is 8.10. The zero-order valence-electron chi connectivity index (χ0n) is 17.5. The highest BCUT2D eigenvalue weighted by Crippen LogP contribution is 2.41. The highest BCUT2D eigenvalue weighted by Gasteiger charge is 2.24. The van der Waals surface area contributed by atoms with Crippen LogP contribution in [0.1, 0.15) is 59.1 Å². The number of nitrogens with one attached hydrogen (secondary N) is 1. The molecule has 0 aliphatic heterocycles. The van der Waals surface area contributed by atoms with Crippen molar-refractivity contribution in [3.05, 3.63) is 32.8 Å². The van der Waals surface area contributed by atoms with Gasteiger partial charge < -0.3 is 5.32 Å². The van der Waals surface area contributed by atoms with Crippen molar-refractivity contribution in [2.24, 2.45) is 5.92 Å². The Bertz CT molecular complexity index is 1190. The topological polar surface area (TPSA) is 78.7 Å². The number of aromatic nitrogens is 2. The van der Waals surface area contributed by atoms with Crippen LogP contribution in [-0.4, -0.2) is 21.6 Å². The molecule has 0 saturated heterocycles. The zero-order valence-corrected chi connectivity index (χ0v) is 19.9. The largest absolute Gasteiger partial charge is 0.316 e. The van der Waals surface area contributed by atoms with Gasteiger partial charge in [-0.2, -0.15) is 5.26 Å². The summed E-state index contributed by atoms with van der Waals surface area (Å²) in [6.07, 6.45) is 10.4. The molecule has 31 heavy (non-hydrogen) atoms. The summed E-state index contributed by atoms with van der Waals surface area (Å²) < 4.78 is 0. The maximum atomic E-state index is 12.8. The van der Waals surface area contributed by atoms with E-state index in [4.69, 9.17) is 0 Å². The van der Waals surface area contributed by atoms with Crippen LogP contribution in [0.4, 0.5) is 5.00 Å². The lowest BCUT2D eigenvalue weighted by molar-refractivity contribution is -0.113. The second kappa shape index (κ2) is 8.89. The molecule has 0 aromatic carbocycles. The van der Waals surface area contributed by atoms with Crippen LogP contribution in [0.2, 0.25) is 0 Å². The van der Waals surface area contributed by atoms with Gasteiger partial charge in [-0.15, -0.1) is 22.7 Å². The van der Waals surface area contributed by atoms with Crippen molar-refractivity contribution in [3.8, 4) is 6.07 Å². The first-order valence-electron chi connectivity index (χ1n) is 10.9. The Morgan fingerprint density at radius 1 is 1.19 bits per heavy atom. The van der Waals surface area contributed by atoms with Crippen molar-refractivity contribution >= 4 is 55.6 Å². The van der Waals surface area contributed by atoms with E-state index in [-0.39, 0.29) is 11.7 Å². The van der Waals surface area contributed by atoms with Gasteiger partial charge in [-0.3, -0.25) is 4.79 Å². The third kappa shape index (κ3) is 4.11. The summed E-state index contributed by atoms with van der Waals surface area (Å²) in [6, 6.07) is 2.34. The molecule has 0 spiro atoms. The van der Waals surface area contributed by atoms with Crippen LogP contribution in [-0.2, 0) is 30.5 Å². The van der Waals surface area contributed by atoms with E-state index < -0.39 is 0 Å². The summed E-state index contributed by atoms with van der Waals surface area (Å²) in [4.78, 5) is 25.5. The van der Waals surface area contributed by atoms with Gasteiger partial charge in [-0.05, 0) is 62.0 Å². The van der Waals surface area contributed by atoms with E-state index in [1.807, 2.05) is 0 Å². The van der Waals surface area contributed by atoms with E-state index in [1.54, 1.807) is 29.0 Å². The molecular formula is C23H24N4OS3. The number of thiophene rings is 2. The lowest BCUT2D eigenvalue weighted by Crippen LogP contribution is -2.14. The number of hydrogen-bond acceptors (Lipinski definition) is 7. The van der Waals surface area contributed by atoms with Crippen molar-refractivity contribution in [3.63, 3.8) is 0 Å². The van der Waals surface area contributed by atoms with E-state index in [1.165, 1.54) is 39.9 Å². The molecule has 5 nitrogen and oxygen atoms in total. The maximum absolute atomic E-state index is 12.8. The molecule has 3 heterocycles. The lowest BCUT2D eigenvalue weighted by Gasteiger charge is -2.18. The smallest absolute Gasteiger partial charge is 0.235 e. The number of aryl methyl sites for hydroxylation is 2. The fraction of sp³-hybridized carbons (Fsp3) is 0.478. The monoisotopic (exact) mass is 468 g/mol. The molecule has 0 fully saturated rings. The Labute approximate surface area is 194 Å². The normalized spacial score (nSPS) is 18.1. The first-order valence-corrected chi connectivity index (χ1v) is 13.5. The Morgan fingerprint density at radius 2 is 2.06 bits per heavy atom. The first kappa shape index (κ1) is 20.9. The van der Waals surface area contributed by atoms with Crippen molar-refractivity contribution in [1.82, 2.24) is 9.97 Å². The van der Waals surface area contributed by atoms with Crippen molar-refractivity contribution < 1.29 is 4.79 Å². The minimum absolute atomic E-state index is 0.0811. The first-order chi connectivity index (χ1) is 15.1. The molecule has 5 rings (SSSR count). The zero-order chi connectivity index (χ0) is 21.4. The van der Waals surface area contributed by atoms with Gasteiger partial charge in [-0.1, -0.05) is 25.1 Å². The van der Waals surface area contributed by atoms with Crippen molar-refractivity contribution in [2.75, 3.05) is 11.1 Å². The van der Waals surface area contributed by atoms with E-state index in [9.17, 15) is 10.1 Å². The highest BCUT2D eigenvalue weighted by molar-refractivity contribution is 8.00. The highest BCUT2D eigenvalue weighted by atomic mass is 32.2. The van der Waals surface area contributed by atoms with Crippen LogP contribution in [0.3, 0.4) is 0 Å². The average molecular weight is 469 g/mol. The number of anilines is 1. The van der Waals surface area contributed by atoms with Crippen LogP contribution >= 0.6 is 34.4 Å². The standard InChI is InChI=1S/C23H24N4OS3/c1-13-7-8-15-18(9-13)31-23-20(15)22(25-12-26-23)29-11-19(28)27-21-16(10-24)14-5-3-2-4-6-17(14)30-21/h12-13H,2-9,11H2,1H3,(H,27,28)/t13-/m1/s1. The summed E-state index contributed by atoms with van der Waals surface area (Å²) in [6.45, 7) is 2.30. The quantitative estimate of drug-likeness (QED) is 0.300. The second-order valence-corrected chi connectivity index (χ2v) is 11.6. The molecule has 8 heteroatoms. The van der Waals surface area contributed by atoms with E-state index in [2.05, 4.69) is 28.3 Å². The molecule has 160 valence electrons. The molecule has 0 bridgehead atoms. The number of rotatable bonds is 4. The molecule has 1 N–H and O–H groups in total. The predicted octanol–water partition coefficient (Wildman–Crippen LogP) is 5.75. The van der Waals surface area contributed by atoms with Gasteiger partial charge >= 0.3 is 0 Å². The van der Waals surface area contributed by atoms with Gasteiger partial charge in [0, 0.05) is 15.1 Å². The third-order valence-electron chi connectivity index (χ3n) is 6.18. The second-order valence-electron chi connectivity index (χ2n) is 8.43. The SMILES string of the molecule is C[C@@H]1CCc2c(sc3ncnc(SCC(=O)Nc4sc5c(c4C#N)CCCCC5)c23)C1. The Hall–Kier alpha value is -1.95. The maximum Gasteiger partial charge on any atom is 0.235 e. The van der Waals surface area contributed by atoms with Crippen LogP contribution < -0.4 is 5.32 Å². The number of carbonyl (C=O) groups is 1. The van der Waals surface area contributed by atoms with Crippen LogP contribution in [0.5, 0.6) is 0 Å². The summed E-state index contributed by atoms with van der Waals surface area (Å²) in [5.41, 5.74) is 3.21. The van der Waals surface area contributed by atoms with E-state index in [0.717, 1.165) is 64.3 Å². The molecule has 0 radical (unpaired) electrons. The lowest BCUT2D eigenvalue weighted by atomic mass is 9.89. The van der Waals surface area contributed by atoms with Crippen LogP contribution in [0.15, 0.2) is 11.4 Å². The molecule has 2 aliphatic carbocycles. The van der Waals surface area contributed by atoms with Gasteiger partial charge in [0.1, 0.15) is 27.3 Å². The minimum atomic E-state index is -0.0811. The predicted molar refractivity (Wildman–Crippen MR) is 128 cm³/mol. The minimum Gasteiger partial charge on any atom is -0.316 e. The number of nitriles is 1. The molecule has 2 aliphatic rings. The molecular weight excluding hydrogens is 444 g/mol. The number of hydrogen-bond donors (Lipinski definition) is 1. The number of amides is 1. The van der Waals surface area contributed by atoms with E-state index in [0.29, 0.717) is 11.5 Å². The average Bonchev–Trinajstić information content (AvgIpc) is 3.19. The summed E-state index contributed by atoms with van der Waals surface area (Å²) in [5, 5.41) is 15.5. The summed E-state index contributed by atoms with van der Waals surface area (Å²) in [5.74, 6) is 0.911. The molecule has 3 aromatic heterocycles. The molecule has 0 saturated carbocycles. The Balaban J connectivity index is 1.33. The fourth-order valence-electron chi connectivity index (χ4n) is 4.60. The summed E-state index contributed by atoms with van der Waals surface area (Å²) >= 11 is 4.83. The van der Waals surface area contributed by atoms with E-state index >= 15 is 0 Å². The van der Waals surface area contributed by atoms with Gasteiger partial charge in [0.25, 0.3) is 0 Å².